The van der Waals surface area contributed by atoms with E-state index in [1.54, 1.807) is 0 Å². The van der Waals surface area contributed by atoms with E-state index in [9.17, 15) is 0 Å². The molecule has 0 aromatic heterocycles. The van der Waals surface area contributed by atoms with Gasteiger partial charge >= 0.3 is 0 Å². The molecule has 1 rings (SSSR count). The molecule has 0 spiro atoms. The van der Waals surface area contributed by atoms with Crippen LogP contribution in [0.1, 0.15) is 19.3 Å². The summed E-state index contributed by atoms with van der Waals surface area (Å²) in [5.74, 6) is 0. The summed E-state index contributed by atoms with van der Waals surface area (Å²) in [7, 11) is -1.38. The zero-order chi connectivity index (χ0) is 8.32. The first-order valence-corrected chi connectivity index (χ1v) is 7.62. The molecule has 1 aliphatic carbocycles. The van der Waals surface area contributed by atoms with Crippen LogP contribution in [0.4, 0.5) is 0 Å². The van der Waals surface area contributed by atoms with Crippen molar-refractivity contribution in [1.82, 2.24) is 5.48 Å². The smallest absolute Gasteiger partial charge is 0.220 e. The first-order chi connectivity index (χ1) is 5.08. The SMILES string of the molecule is C[Si](C)(C)ONC1=CCCC1. The average molecular weight is 171 g/mol. The van der Waals surface area contributed by atoms with E-state index in [0.717, 1.165) is 6.42 Å². The summed E-state index contributed by atoms with van der Waals surface area (Å²) in [6.45, 7) is 6.53. The molecule has 0 amide bonds. The maximum absolute atomic E-state index is 5.53. The highest BCUT2D eigenvalue weighted by atomic mass is 28.4. The topological polar surface area (TPSA) is 21.3 Å². The lowest BCUT2D eigenvalue weighted by molar-refractivity contribution is 0.218. The number of hydroxylamine groups is 1. The van der Waals surface area contributed by atoms with Crippen molar-refractivity contribution in [3.05, 3.63) is 11.8 Å². The molecule has 0 heterocycles. The van der Waals surface area contributed by atoms with Crippen molar-refractivity contribution in [1.29, 1.82) is 0 Å². The zero-order valence-electron chi connectivity index (χ0n) is 7.61. The second-order valence-corrected chi connectivity index (χ2v) is 8.37. The van der Waals surface area contributed by atoms with Crippen LogP contribution >= 0.6 is 0 Å². The third-order valence-corrected chi connectivity index (χ3v) is 2.24. The molecule has 2 nitrogen and oxygen atoms in total. The van der Waals surface area contributed by atoms with Crippen molar-refractivity contribution in [3.63, 3.8) is 0 Å². The van der Waals surface area contributed by atoms with Crippen molar-refractivity contribution >= 4 is 8.32 Å². The summed E-state index contributed by atoms with van der Waals surface area (Å²) >= 11 is 0. The number of nitrogens with one attached hydrogen (secondary N) is 1. The van der Waals surface area contributed by atoms with Crippen LogP contribution in [0, 0.1) is 0 Å². The van der Waals surface area contributed by atoms with Gasteiger partial charge in [0.1, 0.15) is 0 Å². The molecule has 1 N–H and O–H groups in total. The van der Waals surface area contributed by atoms with Gasteiger partial charge in [-0.2, -0.15) is 0 Å². The Morgan fingerprint density at radius 2 is 2.18 bits per heavy atom. The molecule has 3 heteroatoms. The molecule has 0 aromatic carbocycles. The normalized spacial score (nSPS) is 18.3. The standard InChI is InChI=1S/C8H17NOSi/c1-11(2,3)10-9-8-6-4-5-7-8/h6,9H,4-5,7H2,1-3H3. The van der Waals surface area contributed by atoms with E-state index in [1.807, 2.05) is 0 Å². The highest BCUT2D eigenvalue weighted by Gasteiger charge is 2.16. The van der Waals surface area contributed by atoms with Crippen LogP contribution in [-0.2, 0) is 4.53 Å². The van der Waals surface area contributed by atoms with Gasteiger partial charge in [-0.15, -0.1) is 0 Å². The van der Waals surface area contributed by atoms with Crippen LogP contribution in [0.2, 0.25) is 19.6 Å². The Bertz CT molecular complexity index is 160. The van der Waals surface area contributed by atoms with Crippen molar-refractivity contribution in [3.8, 4) is 0 Å². The average Bonchev–Trinajstić information content (AvgIpc) is 2.32. The first kappa shape index (κ1) is 8.81. The second kappa shape index (κ2) is 3.41. The monoisotopic (exact) mass is 171 g/mol. The van der Waals surface area contributed by atoms with Crippen LogP contribution in [-0.4, -0.2) is 8.32 Å². The molecule has 0 unspecified atom stereocenters. The minimum absolute atomic E-state index is 1.16. The Kier molecular flexibility index (Phi) is 2.73. The lowest BCUT2D eigenvalue weighted by Gasteiger charge is -2.18. The van der Waals surface area contributed by atoms with Crippen molar-refractivity contribution in [2.24, 2.45) is 0 Å². The van der Waals surface area contributed by atoms with E-state index >= 15 is 0 Å². The third-order valence-electron chi connectivity index (χ3n) is 1.53. The van der Waals surface area contributed by atoms with Gasteiger partial charge in [0, 0.05) is 5.70 Å². The van der Waals surface area contributed by atoms with Gasteiger partial charge in [0.05, 0.1) is 0 Å². The van der Waals surface area contributed by atoms with Gasteiger partial charge in [0.15, 0.2) is 0 Å². The lowest BCUT2D eigenvalue weighted by Crippen LogP contribution is -2.32. The number of hydrogen-bond acceptors (Lipinski definition) is 2. The van der Waals surface area contributed by atoms with E-state index in [1.165, 1.54) is 18.5 Å². The molecule has 0 saturated heterocycles. The summed E-state index contributed by atoms with van der Waals surface area (Å²) in [6.07, 6.45) is 5.86. The van der Waals surface area contributed by atoms with Crippen LogP contribution in [0.5, 0.6) is 0 Å². The quantitative estimate of drug-likeness (QED) is 0.520. The van der Waals surface area contributed by atoms with E-state index < -0.39 is 8.32 Å². The molecule has 11 heavy (non-hydrogen) atoms. The Labute approximate surface area is 69.7 Å². The van der Waals surface area contributed by atoms with E-state index in [-0.39, 0.29) is 0 Å². The number of allylic oxidation sites excluding steroid dienone is 2. The highest BCUT2D eigenvalue weighted by Crippen LogP contribution is 2.15. The second-order valence-electron chi connectivity index (χ2n) is 3.94. The molecular formula is C8H17NOSi. The molecule has 0 aliphatic heterocycles. The predicted molar refractivity (Wildman–Crippen MR) is 49.5 cm³/mol. The summed E-state index contributed by atoms with van der Waals surface area (Å²) in [6, 6.07) is 0. The lowest BCUT2D eigenvalue weighted by atomic mass is 10.3. The van der Waals surface area contributed by atoms with Gasteiger partial charge in [-0.3, -0.25) is 5.48 Å². The van der Waals surface area contributed by atoms with Gasteiger partial charge in [0.2, 0.25) is 8.32 Å². The van der Waals surface area contributed by atoms with Crippen molar-refractivity contribution in [2.75, 3.05) is 0 Å². The molecular weight excluding hydrogens is 154 g/mol. The van der Waals surface area contributed by atoms with Crippen LogP contribution in [0.25, 0.3) is 0 Å². The molecule has 64 valence electrons. The molecule has 0 radical (unpaired) electrons. The number of rotatable bonds is 3. The number of hydrogen-bond donors (Lipinski definition) is 1. The van der Waals surface area contributed by atoms with Gasteiger partial charge in [-0.05, 0) is 38.9 Å². The summed E-state index contributed by atoms with van der Waals surface area (Å²) in [5, 5.41) is 0. The van der Waals surface area contributed by atoms with Crippen LogP contribution in [0.3, 0.4) is 0 Å². The fourth-order valence-electron chi connectivity index (χ4n) is 0.982. The molecule has 1 aliphatic rings. The molecule has 0 bridgehead atoms. The van der Waals surface area contributed by atoms with Gasteiger partial charge < -0.3 is 4.53 Å². The largest absolute Gasteiger partial charge is 0.323 e. The Hall–Kier alpha value is -0.283. The van der Waals surface area contributed by atoms with E-state index in [4.69, 9.17) is 4.53 Å². The molecule has 0 aromatic rings. The molecule has 0 atom stereocenters. The molecule has 0 fully saturated rings. The van der Waals surface area contributed by atoms with Crippen LogP contribution in [0.15, 0.2) is 11.8 Å². The third kappa shape index (κ3) is 3.58. The minimum atomic E-state index is -1.38. The van der Waals surface area contributed by atoms with Gasteiger partial charge in [-0.25, -0.2) is 0 Å². The van der Waals surface area contributed by atoms with Crippen molar-refractivity contribution < 1.29 is 4.53 Å². The fraction of sp³-hybridized carbons (Fsp3) is 0.750. The Morgan fingerprint density at radius 3 is 2.64 bits per heavy atom. The summed E-state index contributed by atoms with van der Waals surface area (Å²) in [5.41, 5.74) is 4.32. The Balaban J connectivity index is 2.22. The van der Waals surface area contributed by atoms with E-state index in [0.29, 0.717) is 0 Å². The van der Waals surface area contributed by atoms with Gasteiger partial charge in [-0.1, -0.05) is 6.08 Å². The van der Waals surface area contributed by atoms with Crippen molar-refractivity contribution in [2.45, 2.75) is 38.9 Å². The minimum Gasteiger partial charge on any atom is -0.323 e. The predicted octanol–water partition coefficient (Wildman–Crippen LogP) is 2.41. The highest BCUT2D eigenvalue weighted by molar-refractivity contribution is 6.69. The summed E-state index contributed by atoms with van der Waals surface area (Å²) in [4.78, 5) is 0. The zero-order valence-corrected chi connectivity index (χ0v) is 8.61. The summed E-state index contributed by atoms with van der Waals surface area (Å²) < 4.78 is 5.53. The van der Waals surface area contributed by atoms with Crippen LogP contribution < -0.4 is 5.48 Å². The van der Waals surface area contributed by atoms with Gasteiger partial charge in [0.25, 0.3) is 0 Å². The first-order valence-electron chi connectivity index (χ1n) is 4.21. The maximum atomic E-state index is 5.53. The van der Waals surface area contributed by atoms with E-state index in [2.05, 4.69) is 31.2 Å². The maximum Gasteiger partial charge on any atom is 0.220 e. The Morgan fingerprint density at radius 1 is 1.45 bits per heavy atom. The molecule has 0 saturated carbocycles. The fourth-order valence-corrected chi connectivity index (χ4v) is 1.42.